The van der Waals surface area contributed by atoms with E-state index in [1.54, 1.807) is 12.7 Å². The van der Waals surface area contributed by atoms with Gasteiger partial charge in [0, 0.05) is 50.6 Å². The molecule has 9 nitrogen and oxygen atoms in total. The molecule has 5 heterocycles. The highest BCUT2D eigenvalue weighted by Crippen LogP contribution is 2.35. The highest BCUT2D eigenvalue weighted by atomic mass is 16.5. The Kier molecular flexibility index (Phi) is 3.85. The summed E-state index contributed by atoms with van der Waals surface area (Å²) in [6, 6.07) is 0. The number of hydrogen-bond acceptors (Lipinski definition) is 7. The lowest BCUT2D eigenvalue weighted by atomic mass is 10.0. The minimum Gasteiger partial charge on any atom is -0.361 e. The van der Waals surface area contributed by atoms with Crippen LogP contribution in [0.2, 0.25) is 0 Å². The molecule has 0 radical (unpaired) electrons. The first kappa shape index (κ1) is 17.2. The molecule has 2 unspecified atom stereocenters. The summed E-state index contributed by atoms with van der Waals surface area (Å²) in [5, 5.41) is 3.95. The van der Waals surface area contributed by atoms with Gasteiger partial charge in [-0.3, -0.25) is 4.79 Å². The fourth-order valence-electron chi connectivity index (χ4n) is 4.55. The van der Waals surface area contributed by atoms with Gasteiger partial charge in [0.05, 0.1) is 18.4 Å². The zero-order valence-electron chi connectivity index (χ0n) is 16.3. The van der Waals surface area contributed by atoms with E-state index in [2.05, 4.69) is 25.0 Å². The van der Waals surface area contributed by atoms with Gasteiger partial charge in [-0.25, -0.2) is 15.0 Å². The van der Waals surface area contributed by atoms with Crippen molar-refractivity contribution in [1.29, 1.82) is 0 Å². The average Bonchev–Trinajstić information content (AvgIpc) is 3.42. The minimum atomic E-state index is 0.157. The van der Waals surface area contributed by atoms with Crippen LogP contribution in [0, 0.1) is 25.7 Å². The van der Waals surface area contributed by atoms with Crippen molar-refractivity contribution in [2.75, 3.05) is 31.1 Å². The quantitative estimate of drug-likeness (QED) is 0.671. The molecule has 28 heavy (non-hydrogen) atoms. The van der Waals surface area contributed by atoms with E-state index in [0.717, 1.165) is 60.2 Å². The Hall–Kier alpha value is -2.97. The predicted octanol–water partition coefficient (Wildman–Crippen LogP) is 1.11. The molecular formula is C19H23N7O2. The van der Waals surface area contributed by atoms with Crippen molar-refractivity contribution >= 4 is 22.9 Å². The van der Waals surface area contributed by atoms with Gasteiger partial charge in [0.25, 0.3) is 0 Å². The number of hydrogen-bond donors (Lipinski definition) is 0. The lowest BCUT2D eigenvalue weighted by Crippen LogP contribution is -2.34. The number of fused-ring (bicyclic) bond motifs is 2. The molecule has 0 aromatic carbocycles. The van der Waals surface area contributed by atoms with Gasteiger partial charge in [0.2, 0.25) is 5.91 Å². The van der Waals surface area contributed by atoms with Crippen LogP contribution in [0.1, 0.15) is 17.0 Å². The normalized spacial score (nSPS) is 21.7. The minimum absolute atomic E-state index is 0.157. The first-order valence-corrected chi connectivity index (χ1v) is 9.57. The summed E-state index contributed by atoms with van der Waals surface area (Å²) in [7, 11) is 1.94. The molecule has 3 aromatic heterocycles. The number of aromatic nitrogens is 5. The molecule has 2 atom stereocenters. The number of amides is 1. The third-order valence-corrected chi connectivity index (χ3v) is 6.13. The smallest absolute Gasteiger partial charge is 0.227 e. The number of rotatable bonds is 3. The van der Waals surface area contributed by atoms with E-state index in [9.17, 15) is 4.79 Å². The van der Waals surface area contributed by atoms with Crippen LogP contribution < -0.4 is 4.90 Å². The summed E-state index contributed by atoms with van der Waals surface area (Å²) in [4.78, 5) is 30.4. The van der Waals surface area contributed by atoms with Gasteiger partial charge in [-0.15, -0.1) is 0 Å². The van der Waals surface area contributed by atoms with Crippen molar-refractivity contribution in [3.8, 4) is 0 Å². The summed E-state index contributed by atoms with van der Waals surface area (Å²) in [5.41, 5.74) is 3.41. The van der Waals surface area contributed by atoms with E-state index in [-0.39, 0.29) is 5.91 Å². The van der Waals surface area contributed by atoms with Gasteiger partial charge < -0.3 is 18.9 Å². The van der Waals surface area contributed by atoms with E-state index in [4.69, 9.17) is 4.52 Å². The van der Waals surface area contributed by atoms with Gasteiger partial charge in [-0.05, 0) is 13.8 Å². The summed E-state index contributed by atoms with van der Waals surface area (Å²) >= 11 is 0. The SMILES string of the molecule is Cc1noc(C)c1CC(=O)N1CC2CN(c3ncnc4c3ncn4C)CC2C1. The van der Waals surface area contributed by atoms with Crippen LogP contribution in [0.15, 0.2) is 17.2 Å². The molecule has 3 aromatic rings. The van der Waals surface area contributed by atoms with Crippen molar-refractivity contribution in [2.45, 2.75) is 20.3 Å². The van der Waals surface area contributed by atoms with Crippen LogP contribution in [-0.4, -0.2) is 61.7 Å². The maximum atomic E-state index is 12.8. The van der Waals surface area contributed by atoms with Crippen molar-refractivity contribution in [2.24, 2.45) is 18.9 Å². The van der Waals surface area contributed by atoms with Crippen molar-refractivity contribution in [3.63, 3.8) is 0 Å². The number of carbonyl (C=O) groups excluding carboxylic acids is 1. The maximum Gasteiger partial charge on any atom is 0.227 e. The van der Waals surface area contributed by atoms with Crippen LogP contribution >= 0.6 is 0 Å². The summed E-state index contributed by atoms with van der Waals surface area (Å²) in [5.74, 6) is 2.71. The lowest BCUT2D eigenvalue weighted by molar-refractivity contribution is -0.129. The van der Waals surface area contributed by atoms with Crippen LogP contribution in [0.4, 0.5) is 5.82 Å². The number of anilines is 1. The first-order valence-electron chi connectivity index (χ1n) is 9.57. The number of likely N-dealkylation sites (tertiary alicyclic amines) is 1. The number of nitrogens with zero attached hydrogens (tertiary/aromatic N) is 7. The highest BCUT2D eigenvalue weighted by Gasteiger charge is 2.42. The average molecular weight is 381 g/mol. The lowest BCUT2D eigenvalue weighted by Gasteiger charge is -2.22. The molecule has 0 bridgehead atoms. The molecule has 146 valence electrons. The Bertz CT molecular complexity index is 1020. The second-order valence-electron chi connectivity index (χ2n) is 7.93. The van der Waals surface area contributed by atoms with E-state index in [0.29, 0.717) is 18.3 Å². The van der Waals surface area contributed by atoms with Gasteiger partial charge in [-0.2, -0.15) is 0 Å². The number of aryl methyl sites for hydroxylation is 3. The fourth-order valence-corrected chi connectivity index (χ4v) is 4.55. The second-order valence-corrected chi connectivity index (χ2v) is 7.93. The number of carbonyl (C=O) groups is 1. The third-order valence-electron chi connectivity index (χ3n) is 6.13. The van der Waals surface area contributed by atoms with Crippen molar-refractivity contribution in [1.82, 2.24) is 29.6 Å². The second kappa shape index (κ2) is 6.29. The van der Waals surface area contributed by atoms with Crippen LogP contribution in [0.5, 0.6) is 0 Å². The van der Waals surface area contributed by atoms with E-state index >= 15 is 0 Å². The van der Waals surface area contributed by atoms with E-state index in [1.807, 2.05) is 30.4 Å². The topological polar surface area (TPSA) is 93.2 Å². The van der Waals surface area contributed by atoms with Gasteiger partial charge in [-0.1, -0.05) is 5.16 Å². The third kappa shape index (κ3) is 2.64. The predicted molar refractivity (Wildman–Crippen MR) is 102 cm³/mol. The molecule has 1 amide bonds. The van der Waals surface area contributed by atoms with Crippen LogP contribution in [0.25, 0.3) is 11.2 Å². The zero-order valence-corrected chi connectivity index (χ0v) is 16.3. The van der Waals surface area contributed by atoms with E-state index in [1.165, 1.54) is 0 Å². The molecule has 0 spiro atoms. The molecule has 0 N–H and O–H groups in total. The van der Waals surface area contributed by atoms with Crippen molar-refractivity contribution in [3.05, 3.63) is 29.7 Å². The van der Waals surface area contributed by atoms with Gasteiger partial charge in [0.15, 0.2) is 17.0 Å². The highest BCUT2D eigenvalue weighted by molar-refractivity contribution is 5.83. The van der Waals surface area contributed by atoms with Crippen LogP contribution in [0.3, 0.4) is 0 Å². The molecule has 9 heteroatoms. The number of imidazole rings is 1. The Morgan fingerprint density at radius 1 is 1.14 bits per heavy atom. The molecule has 2 saturated heterocycles. The molecular weight excluding hydrogens is 358 g/mol. The van der Waals surface area contributed by atoms with Crippen molar-refractivity contribution < 1.29 is 9.32 Å². The molecule has 5 rings (SSSR count). The molecule has 0 aliphatic carbocycles. The standard InChI is InChI=1S/C19H23N7O2/c1-11-15(12(2)28-23-11)4-16(27)25-5-13-7-26(8-14(13)6-25)19-17-18(20-9-21-19)24(3)10-22-17/h9-10,13-14H,4-8H2,1-3H3. The molecule has 0 saturated carbocycles. The van der Waals surface area contributed by atoms with Crippen LogP contribution in [-0.2, 0) is 18.3 Å². The molecule has 2 fully saturated rings. The monoisotopic (exact) mass is 381 g/mol. The fraction of sp³-hybridized carbons (Fsp3) is 0.526. The Morgan fingerprint density at radius 2 is 1.89 bits per heavy atom. The summed E-state index contributed by atoms with van der Waals surface area (Å²) in [6.07, 6.45) is 3.74. The first-order chi connectivity index (χ1) is 13.5. The Morgan fingerprint density at radius 3 is 2.57 bits per heavy atom. The largest absolute Gasteiger partial charge is 0.361 e. The van der Waals surface area contributed by atoms with E-state index < -0.39 is 0 Å². The zero-order chi connectivity index (χ0) is 19.4. The summed E-state index contributed by atoms with van der Waals surface area (Å²) in [6.45, 7) is 7.11. The molecule has 2 aliphatic heterocycles. The Labute approximate surface area is 162 Å². The molecule has 2 aliphatic rings. The van der Waals surface area contributed by atoms with Gasteiger partial charge >= 0.3 is 0 Å². The summed E-state index contributed by atoms with van der Waals surface area (Å²) < 4.78 is 7.10. The Balaban J connectivity index is 1.28. The van der Waals surface area contributed by atoms with Gasteiger partial charge in [0.1, 0.15) is 12.1 Å². The maximum absolute atomic E-state index is 12.8.